The van der Waals surface area contributed by atoms with Gasteiger partial charge < -0.3 is 0 Å². The summed E-state index contributed by atoms with van der Waals surface area (Å²) in [5.41, 5.74) is 9.47. The molecule has 7 atom stereocenters. The number of unbranched alkanes of at least 4 members (excludes halogenated alkanes) is 2. The average molecular weight is 1040 g/mol. The first-order valence-corrected chi connectivity index (χ1v) is 32.0. The van der Waals surface area contributed by atoms with Crippen LogP contribution in [0.15, 0.2) is 218 Å². The van der Waals surface area contributed by atoms with Crippen LogP contribution in [-0.2, 0) is 0 Å². The summed E-state index contributed by atoms with van der Waals surface area (Å²) in [6, 6.07) is 78.5. The molecule has 0 N–H and O–H groups in total. The largest absolute Gasteiger partial charge is 0.251 e. The van der Waals surface area contributed by atoms with E-state index in [0.29, 0.717) is 21.9 Å². The minimum Gasteiger partial charge on any atom is -0.251 e. The van der Waals surface area contributed by atoms with E-state index in [9.17, 15) is 0 Å². The molecule has 2 aliphatic heterocycles. The van der Waals surface area contributed by atoms with Crippen LogP contribution < -0.4 is 21.2 Å². The summed E-state index contributed by atoms with van der Waals surface area (Å²) in [5, 5.41) is 4.04. The van der Waals surface area contributed by atoms with Crippen LogP contribution in [-0.4, -0.2) is 22.0 Å². The van der Waals surface area contributed by atoms with Gasteiger partial charge in [0.2, 0.25) is 0 Å². The van der Waals surface area contributed by atoms with Gasteiger partial charge in [0.05, 0.1) is 0 Å². The predicted octanol–water partition coefficient (Wildman–Crippen LogP) is 17.9. The molecule has 2 heterocycles. The number of halogens is 2. The van der Waals surface area contributed by atoms with Gasteiger partial charge in [-0.05, 0) is 129 Å². The molecule has 0 bridgehead atoms. The highest BCUT2D eigenvalue weighted by Crippen LogP contribution is 2.80. The second kappa shape index (κ2) is 24.7. The normalized spacial score (nSPS) is 20.5. The van der Waals surface area contributed by atoms with Crippen molar-refractivity contribution < 1.29 is 8.78 Å². The lowest BCUT2D eigenvalue weighted by Gasteiger charge is -2.43. The van der Waals surface area contributed by atoms with Crippen LogP contribution in [0.25, 0.3) is 0 Å². The van der Waals surface area contributed by atoms with Crippen molar-refractivity contribution in [3.8, 4) is 0 Å². The second-order valence-electron chi connectivity index (χ2n) is 19.6. The summed E-state index contributed by atoms with van der Waals surface area (Å²) in [4.78, 5) is 0. The van der Waals surface area contributed by atoms with Crippen molar-refractivity contribution in [2.75, 3.05) is 13.1 Å². The Kier molecular flexibility index (Phi) is 17.5. The number of hydrogen-bond acceptors (Lipinski definition) is 2. The molecule has 10 rings (SSSR count). The third-order valence-corrected chi connectivity index (χ3v) is 28.2. The number of hydrogen-bond donors (Lipinski definition) is 0. The van der Waals surface area contributed by atoms with E-state index in [0.717, 1.165) is 45.2 Å². The molecule has 3 unspecified atom stereocenters. The van der Waals surface area contributed by atoms with Gasteiger partial charge in [-0.25, -0.2) is 8.78 Å². The number of aryl methyl sites for hydroxylation is 1. The van der Waals surface area contributed by atoms with Crippen LogP contribution in [0.3, 0.4) is 0 Å². The lowest BCUT2D eigenvalue weighted by molar-refractivity contribution is 0.615. The summed E-state index contributed by atoms with van der Waals surface area (Å²) in [6.07, 6.45) is 7.51. The second-order valence-corrected chi connectivity index (χ2v) is 29.3. The van der Waals surface area contributed by atoms with Crippen molar-refractivity contribution >= 4 is 53.5 Å². The highest BCUT2D eigenvalue weighted by Gasteiger charge is 2.50. The van der Waals surface area contributed by atoms with Gasteiger partial charge in [0.15, 0.2) is 0 Å². The molecule has 73 heavy (non-hydrogen) atoms. The molecule has 0 aromatic heterocycles. The van der Waals surface area contributed by atoms with Crippen molar-refractivity contribution in [2.45, 2.75) is 94.3 Å². The smallest absolute Gasteiger partial charge is 0.132 e. The van der Waals surface area contributed by atoms with Crippen molar-refractivity contribution in [1.29, 1.82) is 0 Å². The topological polar surface area (TPSA) is 6.48 Å². The van der Waals surface area contributed by atoms with Gasteiger partial charge in [0.25, 0.3) is 0 Å². The first kappa shape index (κ1) is 51.7. The van der Waals surface area contributed by atoms with Gasteiger partial charge in [0.1, 0.15) is 11.6 Å². The fourth-order valence-corrected chi connectivity index (χ4v) is 26.8. The maximum Gasteiger partial charge on any atom is 0.132 e. The van der Waals surface area contributed by atoms with Crippen LogP contribution in [0.4, 0.5) is 8.78 Å². The van der Waals surface area contributed by atoms with E-state index in [1.165, 1.54) is 56.8 Å². The molecule has 0 aliphatic carbocycles. The zero-order valence-electron chi connectivity index (χ0n) is 42.5. The molecule has 8 heteroatoms. The first-order valence-electron chi connectivity index (χ1n) is 26.5. The SMILES string of the molecule is CCCCN(P(c1ccccc1F)c1ccccc1F)P1[C@H](c2ccccc2)C(c2ccc(P(c3ccccc3C)N(CCCC)P3[C@H](c4ccccc4)CC[C@H]3c3ccccc3)cc2)C[C@H]1c1ccccc1. The fraction of sp³-hybridized carbons (Fsp3) is 0.262. The number of nitrogens with zero attached hydrogens (tertiary/aromatic N) is 2. The summed E-state index contributed by atoms with van der Waals surface area (Å²) in [5.74, 6) is -0.371. The highest BCUT2D eigenvalue weighted by atomic mass is 31.2. The summed E-state index contributed by atoms with van der Waals surface area (Å²) in [7, 11) is -4.24. The molecule has 2 aliphatic rings. The summed E-state index contributed by atoms with van der Waals surface area (Å²) in [6.45, 7) is 8.70. The molecule has 2 nitrogen and oxygen atoms in total. The molecule has 2 fully saturated rings. The zero-order chi connectivity index (χ0) is 50.1. The Hall–Kier alpha value is -4.74. The number of rotatable bonds is 19. The molecule has 8 aromatic carbocycles. The molecule has 0 spiro atoms. The third kappa shape index (κ3) is 11.3. The van der Waals surface area contributed by atoms with Crippen LogP contribution in [0.2, 0.25) is 0 Å². The molecule has 2 saturated heterocycles. The van der Waals surface area contributed by atoms with Crippen molar-refractivity contribution in [1.82, 2.24) is 8.88 Å². The Balaban J connectivity index is 1.13. The molecular weight excluding hydrogens is 971 g/mol. The Morgan fingerprint density at radius 2 is 0.836 bits per heavy atom. The van der Waals surface area contributed by atoms with Gasteiger partial charge in [-0.2, -0.15) is 0 Å². The molecule has 0 saturated carbocycles. The predicted molar refractivity (Wildman–Crippen MR) is 313 cm³/mol. The zero-order valence-corrected chi connectivity index (χ0v) is 46.1. The monoisotopic (exact) mass is 1040 g/mol. The summed E-state index contributed by atoms with van der Waals surface area (Å²) < 4.78 is 38.8. The van der Waals surface area contributed by atoms with Crippen molar-refractivity contribution in [2.24, 2.45) is 0 Å². The van der Waals surface area contributed by atoms with E-state index >= 15 is 8.78 Å². The van der Waals surface area contributed by atoms with E-state index in [-0.39, 0.29) is 28.9 Å². The molecular formula is C65H68F2N2P4. The van der Waals surface area contributed by atoms with Gasteiger partial charge in [0, 0.05) is 62.5 Å². The first-order chi connectivity index (χ1) is 35.9. The van der Waals surface area contributed by atoms with E-state index in [2.05, 4.69) is 200 Å². The Morgan fingerprint density at radius 3 is 1.30 bits per heavy atom. The van der Waals surface area contributed by atoms with Gasteiger partial charge >= 0.3 is 0 Å². The molecule has 0 amide bonds. The van der Waals surface area contributed by atoms with Gasteiger partial charge in [-0.3, -0.25) is 8.88 Å². The quantitative estimate of drug-likeness (QED) is 0.0745. The van der Waals surface area contributed by atoms with Crippen LogP contribution in [0.5, 0.6) is 0 Å². The van der Waals surface area contributed by atoms with Crippen molar-refractivity contribution in [3.63, 3.8) is 0 Å². The van der Waals surface area contributed by atoms with E-state index < -0.39 is 32.3 Å². The van der Waals surface area contributed by atoms with E-state index in [1.54, 1.807) is 24.3 Å². The maximum absolute atomic E-state index is 16.6. The molecule has 8 aromatic rings. The van der Waals surface area contributed by atoms with Gasteiger partial charge in [-0.1, -0.05) is 221 Å². The minimum absolute atomic E-state index is 0.104. The van der Waals surface area contributed by atoms with Crippen LogP contribution in [0.1, 0.15) is 121 Å². The Bertz CT molecular complexity index is 2890. The summed E-state index contributed by atoms with van der Waals surface area (Å²) >= 11 is 0. The third-order valence-electron chi connectivity index (χ3n) is 15.0. The fourth-order valence-electron chi connectivity index (χ4n) is 11.5. The average Bonchev–Trinajstić information content (AvgIpc) is 4.07. The Labute approximate surface area is 439 Å². The molecule has 372 valence electrons. The van der Waals surface area contributed by atoms with E-state index in [4.69, 9.17) is 0 Å². The maximum atomic E-state index is 16.6. The lowest BCUT2D eigenvalue weighted by atomic mass is 9.87. The number of benzene rings is 8. The Morgan fingerprint density at radius 1 is 0.425 bits per heavy atom. The van der Waals surface area contributed by atoms with E-state index in [1.807, 2.05) is 24.3 Å². The van der Waals surface area contributed by atoms with Crippen LogP contribution >= 0.6 is 32.3 Å². The molecule has 0 radical (unpaired) electrons. The van der Waals surface area contributed by atoms with Crippen molar-refractivity contribution in [3.05, 3.63) is 263 Å². The standard InChI is InChI=1S/C65H68F2N2P4/c1-4-6-46-68(71-60(51-27-12-8-13-28-51)44-45-61(71)52-29-14-9-15-30-52)70(59-37-23-20-26-49(59)3)55-42-40-50(41-43-55)56-48-64(53-31-16-10-17-32-53)73(65(56)54-33-18-11-19-34-54)69(47-7-5-2)72(62-38-24-21-35-57(62)66)63-39-25-22-36-58(63)67/h8-43,56,60-61,64-65H,4-7,44-48H2,1-3H3/t56?,60-,61-,64-,65+,70?,73?/m0/s1. The highest BCUT2D eigenvalue weighted by molar-refractivity contribution is 7.80. The van der Waals surface area contributed by atoms with Gasteiger partial charge in [-0.15, -0.1) is 0 Å². The minimum atomic E-state index is -1.59. The van der Waals surface area contributed by atoms with Crippen LogP contribution in [0, 0.1) is 18.6 Å². The lowest BCUT2D eigenvalue weighted by Crippen LogP contribution is -2.30.